The Morgan fingerprint density at radius 2 is 1.91 bits per heavy atom. The van der Waals surface area contributed by atoms with E-state index >= 15 is 0 Å². The number of nitrogens with zero attached hydrogens (tertiary/aromatic N) is 2. The Bertz CT molecular complexity index is 960. The van der Waals surface area contributed by atoms with Crippen molar-refractivity contribution in [1.29, 1.82) is 0 Å². The van der Waals surface area contributed by atoms with Crippen molar-refractivity contribution in [2.45, 2.75) is 4.90 Å². The Labute approximate surface area is 132 Å². The van der Waals surface area contributed by atoms with E-state index in [1.54, 1.807) is 30.3 Å². The molecule has 0 amide bonds. The Kier molecular flexibility index (Phi) is 3.59. The highest BCUT2D eigenvalue weighted by Gasteiger charge is 2.15. The molecule has 0 aliphatic carbocycles. The number of hydrogen-bond donors (Lipinski definition) is 2. The van der Waals surface area contributed by atoms with E-state index in [1.165, 1.54) is 18.3 Å². The molecule has 1 heterocycles. The van der Waals surface area contributed by atoms with Crippen molar-refractivity contribution in [3.05, 3.63) is 53.7 Å². The zero-order valence-corrected chi connectivity index (χ0v) is 12.8. The highest BCUT2D eigenvalue weighted by atomic mass is 35.5. The fourth-order valence-electron chi connectivity index (χ4n) is 1.93. The Morgan fingerprint density at radius 1 is 1.14 bits per heavy atom. The molecule has 112 valence electrons. The summed E-state index contributed by atoms with van der Waals surface area (Å²) >= 11 is 6.00. The predicted octanol–water partition coefficient (Wildman–Crippen LogP) is 2.67. The molecule has 0 aliphatic rings. The number of hydrogen-bond acceptors (Lipinski definition) is 5. The van der Waals surface area contributed by atoms with Crippen molar-refractivity contribution in [3.63, 3.8) is 0 Å². The molecule has 6 nitrogen and oxygen atoms in total. The van der Waals surface area contributed by atoms with E-state index in [4.69, 9.17) is 17.3 Å². The molecule has 3 aromatic rings. The van der Waals surface area contributed by atoms with E-state index in [-0.39, 0.29) is 10.7 Å². The predicted molar refractivity (Wildman–Crippen MR) is 86.2 cm³/mol. The second-order valence-electron chi connectivity index (χ2n) is 4.54. The number of halogens is 1. The third kappa shape index (κ3) is 2.81. The summed E-state index contributed by atoms with van der Waals surface area (Å²) < 4.78 is 27.0. The largest absolute Gasteiger partial charge is 0.399 e. The first-order valence-electron chi connectivity index (χ1n) is 6.25. The minimum absolute atomic E-state index is 0.0560. The second kappa shape index (κ2) is 5.43. The van der Waals surface area contributed by atoms with E-state index in [0.29, 0.717) is 21.7 Å². The van der Waals surface area contributed by atoms with E-state index in [1.807, 2.05) is 0 Å². The minimum Gasteiger partial charge on any atom is -0.399 e. The molecule has 0 fully saturated rings. The van der Waals surface area contributed by atoms with Crippen LogP contribution in [-0.4, -0.2) is 18.4 Å². The highest BCUT2D eigenvalue weighted by Crippen LogP contribution is 2.22. The molecule has 0 radical (unpaired) electrons. The maximum absolute atomic E-state index is 12.3. The van der Waals surface area contributed by atoms with Gasteiger partial charge < -0.3 is 5.73 Å². The molecule has 22 heavy (non-hydrogen) atoms. The number of rotatable bonds is 3. The lowest BCUT2D eigenvalue weighted by Crippen LogP contribution is -2.14. The van der Waals surface area contributed by atoms with Gasteiger partial charge >= 0.3 is 0 Å². The summed E-state index contributed by atoms with van der Waals surface area (Å²) in [7, 11) is -3.78. The number of anilines is 2. The van der Waals surface area contributed by atoms with Gasteiger partial charge in [-0.15, -0.1) is 0 Å². The maximum Gasteiger partial charge on any atom is 0.263 e. The first-order chi connectivity index (χ1) is 10.5. The molecule has 0 aliphatic heterocycles. The fraction of sp³-hybridized carbons (Fsp3) is 0. The molecule has 0 atom stereocenters. The number of benzene rings is 2. The normalized spacial score (nSPS) is 11.5. The lowest BCUT2D eigenvalue weighted by atomic mass is 10.3. The summed E-state index contributed by atoms with van der Waals surface area (Å²) in [6.07, 6.45) is 1.32. The van der Waals surface area contributed by atoms with Gasteiger partial charge in [0.2, 0.25) is 0 Å². The molecule has 3 N–H and O–H groups in total. The number of aromatic nitrogens is 2. The van der Waals surface area contributed by atoms with Crippen LogP contribution in [0.15, 0.2) is 53.6 Å². The molecule has 3 rings (SSSR count). The van der Waals surface area contributed by atoms with E-state index in [2.05, 4.69) is 14.7 Å². The van der Waals surface area contributed by atoms with Gasteiger partial charge in [-0.05, 0) is 30.3 Å². The standard InChI is InChI=1S/C14H11ClN4O2S/c15-11-5-2-6-12-14(11)17-8-13(18-12)19-22(20,21)10-4-1-3-9(16)7-10/h1-8H,16H2,(H,18,19). The topological polar surface area (TPSA) is 98.0 Å². The smallest absolute Gasteiger partial charge is 0.263 e. The number of nitrogens with two attached hydrogens (primary N) is 1. The molecule has 0 saturated carbocycles. The summed E-state index contributed by atoms with van der Waals surface area (Å²) in [6.45, 7) is 0. The van der Waals surface area contributed by atoms with Crippen LogP contribution in [0.3, 0.4) is 0 Å². The summed E-state index contributed by atoms with van der Waals surface area (Å²) in [5, 5.41) is 0.454. The minimum atomic E-state index is -3.78. The van der Waals surface area contributed by atoms with Crippen LogP contribution in [0.1, 0.15) is 0 Å². The summed E-state index contributed by atoms with van der Waals surface area (Å²) in [6, 6.07) is 11.1. The number of nitrogens with one attached hydrogen (secondary N) is 1. The molecule has 8 heteroatoms. The van der Waals surface area contributed by atoms with Crippen LogP contribution in [0.25, 0.3) is 11.0 Å². The molecule has 0 saturated heterocycles. The average molecular weight is 335 g/mol. The van der Waals surface area contributed by atoms with Gasteiger partial charge in [0, 0.05) is 5.69 Å². The van der Waals surface area contributed by atoms with Crippen LogP contribution in [0.2, 0.25) is 5.02 Å². The third-order valence-corrected chi connectivity index (χ3v) is 4.59. The second-order valence-corrected chi connectivity index (χ2v) is 6.63. The highest BCUT2D eigenvalue weighted by molar-refractivity contribution is 7.92. The number of fused-ring (bicyclic) bond motifs is 1. The zero-order chi connectivity index (χ0) is 15.7. The molecule has 2 aromatic carbocycles. The molecule has 0 bridgehead atoms. The van der Waals surface area contributed by atoms with Crippen molar-refractivity contribution >= 4 is 44.2 Å². The van der Waals surface area contributed by atoms with Crippen LogP contribution in [0.5, 0.6) is 0 Å². The van der Waals surface area contributed by atoms with Crippen molar-refractivity contribution in [2.75, 3.05) is 10.5 Å². The lowest BCUT2D eigenvalue weighted by Gasteiger charge is -2.08. The van der Waals surface area contributed by atoms with Gasteiger partial charge in [0.05, 0.1) is 21.6 Å². The summed E-state index contributed by atoms with van der Waals surface area (Å²) in [5.41, 5.74) is 6.98. The van der Waals surface area contributed by atoms with E-state index in [9.17, 15) is 8.42 Å². The van der Waals surface area contributed by atoms with Gasteiger partial charge in [0.1, 0.15) is 5.52 Å². The van der Waals surface area contributed by atoms with Crippen molar-refractivity contribution in [2.24, 2.45) is 0 Å². The van der Waals surface area contributed by atoms with Crippen LogP contribution >= 0.6 is 11.6 Å². The number of para-hydroxylation sites is 1. The first-order valence-corrected chi connectivity index (χ1v) is 8.11. The van der Waals surface area contributed by atoms with Crippen molar-refractivity contribution in [1.82, 2.24) is 9.97 Å². The Balaban J connectivity index is 1.99. The van der Waals surface area contributed by atoms with E-state index in [0.717, 1.165) is 0 Å². The van der Waals surface area contributed by atoms with Gasteiger partial charge in [-0.1, -0.05) is 23.7 Å². The fourth-order valence-corrected chi connectivity index (χ4v) is 3.19. The molecular weight excluding hydrogens is 324 g/mol. The molecular formula is C14H11ClN4O2S. The van der Waals surface area contributed by atoms with Crippen molar-refractivity contribution < 1.29 is 8.42 Å². The van der Waals surface area contributed by atoms with E-state index < -0.39 is 10.0 Å². The monoisotopic (exact) mass is 334 g/mol. The Morgan fingerprint density at radius 3 is 2.68 bits per heavy atom. The lowest BCUT2D eigenvalue weighted by molar-refractivity contribution is 0.601. The first kappa shape index (κ1) is 14.6. The number of nitrogen functional groups attached to an aromatic ring is 1. The van der Waals surface area contributed by atoms with Crippen LogP contribution in [-0.2, 0) is 10.0 Å². The Hall–Kier alpha value is -2.38. The van der Waals surface area contributed by atoms with Crippen LogP contribution in [0.4, 0.5) is 11.5 Å². The third-order valence-electron chi connectivity index (χ3n) is 2.93. The SMILES string of the molecule is Nc1cccc(S(=O)(=O)Nc2cnc3c(Cl)cccc3n2)c1. The summed E-state index contributed by atoms with van der Waals surface area (Å²) in [5.74, 6) is 0.109. The quantitative estimate of drug-likeness (QED) is 0.717. The van der Waals surface area contributed by atoms with Gasteiger partial charge in [0.15, 0.2) is 5.82 Å². The number of sulfonamides is 1. The van der Waals surface area contributed by atoms with Gasteiger partial charge in [-0.25, -0.2) is 18.4 Å². The summed E-state index contributed by atoms with van der Waals surface area (Å²) in [4.78, 5) is 8.39. The van der Waals surface area contributed by atoms with Gasteiger partial charge in [-0.3, -0.25) is 4.72 Å². The zero-order valence-electron chi connectivity index (χ0n) is 11.2. The molecule has 0 unspecified atom stereocenters. The average Bonchev–Trinajstić information content (AvgIpc) is 2.47. The molecule has 1 aromatic heterocycles. The maximum atomic E-state index is 12.3. The van der Waals surface area contributed by atoms with Gasteiger partial charge in [0.25, 0.3) is 10.0 Å². The van der Waals surface area contributed by atoms with Crippen LogP contribution < -0.4 is 10.5 Å². The van der Waals surface area contributed by atoms with Crippen LogP contribution in [0, 0.1) is 0 Å². The van der Waals surface area contributed by atoms with Gasteiger partial charge in [-0.2, -0.15) is 0 Å². The van der Waals surface area contributed by atoms with Crippen molar-refractivity contribution in [3.8, 4) is 0 Å². The molecule has 0 spiro atoms.